The van der Waals surface area contributed by atoms with Gasteiger partial charge in [-0.1, -0.05) is 0 Å². The summed E-state index contributed by atoms with van der Waals surface area (Å²) in [6.07, 6.45) is 4.90. The summed E-state index contributed by atoms with van der Waals surface area (Å²) >= 11 is 1.45. The quantitative estimate of drug-likeness (QED) is 0.830. The van der Waals surface area contributed by atoms with Gasteiger partial charge in [0.25, 0.3) is 0 Å². The normalized spacial score (nSPS) is 26.7. The van der Waals surface area contributed by atoms with Gasteiger partial charge in [0, 0.05) is 24.2 Å². The molecule has 3 rings (SSSR count). The third-order valence-electron chi connectivity index (χ3n) is 2.56. The zero-order chi connectivity index (χ0) is 9.38. The van der Waals surface area contributed by atoms with Crippen molar-refractivity contribution in [2.24, 2.45) is 0 Å². The summed E-state index contributed by atoms with van der Waals surface area (Å²) in [6, 6.07) is 0.653. The number of aromatic nitrogens is 2. The highest BCUT2D eigenvalue weighted by Crippen LogP contribution is 2.30. The van der Waals surface area contributed by atoms with E-state index in [-0.39, 0.29) is 6.10 Å². The van der Waals surface area contributed by atoms with Gasteiger partial charge < -0.3 is 10.1 Å². The molecule has 1 saturated carbocycles. The van der Waals surface area contributed by atoms with Crippen molar-refractivity contribution >= 4 is 16.7 Å². The second kappa shape index (κ2) is 3.47. The monoisotopic (exact) mass is 211 g/mol. The summed E-state index contributed by atoms with van der Waals surface area (Å²) < 4.78 is 9.85. The summed E-state index contributed by atoms with van der Waals surface area (Å²) in [5.74, 6) is 0.871. The zero-order valence-electron chi connectivity index (χ0n) is 7.90. The molecule has 1 aliphatic carbocycles. The molecule has 0 spiro atoms. The molecule has 2 aliphatic rings. The first-order valence-electron chi connectivity index (χ1n) is 5.13. The zero-order valence-corrected chi connectivity index (χ0v) is 8.72. The molecule has 5 heteroatoms. The van der Waals surface area contributed by atoms with Gasteiger partial charge in [-0.05, 0) is 25.7 Å². The predicted octanol–water partition coefficient (Wildman–Crippen LogP) is 1.96. The highest BCUT2D eigenvalue weighted by molar-refractivity contribution is 7.09. The molecular weight excluding hydrogens is 198 g/mol. The smallest absolute Gasteiger partial charge is 0.202 e. The molecule has 2 fully saturated rings. The second-order valence-corrected chi connectivity index (χ2v) is 4.63. The van der Waals surface area contributed by atoms with Crippen molar-refractivity contribution in [1.82, 2.24) is 9.36 Å². The first-order valence-corrected chi connectivity index (χ1v) is 5.91. The van der Waals surface area contributed by atoms with E-state index in [1.165, 1.54) is 24.4 Å². The Hall–Kier alpha value is -0.680. The molecular formula is C9H13N3OS. The van der Waals surface area contributed by atoms with Crippen LogP contribution < -0.4 is 5.32 Å². The third kappa shape index (κ3) is 1.74. The van der Waals surface area contributed by atoms with Gasteiger partial charge in [0.1, 0.15) is 6.10 Å². The van der Waals surface area contributed by atoms with Crippen LogP contribution in [0.4, 0.5) is 5.13 Å². The molecule has 2 heterocycles. The molecule has 1 aromatic rings. The van der Waals surface area contributed by atoms with Gasteiger partial charge in [-0.15, -0.1) is 0 Å². The molecule has 1 aliphatic heterocycles. The summed E-state index contributed by atoms with van der Waals surface area (Å²) in [5.41, 5.74) is 0. The Kier molecular flexibility index (Phi) is 2.14. The van der Waals surface area contributed by atoms with E-state index in [0.717, 1.165) is 30.4 Å². The summed E-state index contributed by atoms with van der Waals surface area (Å²) in [7, 11) is 0. The SMILES string of the molecule is C1COC(c2nsc(NC3CC3)n2)C1. The number of nitrogens with zero attached hydrogens (tertiary/aromatic N) is 2. The molecule has 1 aromatic heterocycles. The van der Waals surface area contributed by atoms with Crippen LogP contribution in [0.2, 0.25) is 0 Å². The Morgan fingerprint density at radius 1 is 1.36 bits per heavy atom. The largest absolute Gasteiger partial charge is 0.370 e. The van der Waals surface area contributed by atoms with Gasteiger partial charge in [-0.2, -0.15) is 4.37 Å². The van der Waals surface area contributed by atoms with E-state index in [1.807, 2.05) is 0 Å². The van der Waals surface area contributed by atoms with Crippen molar-refractivity contribution in [3.8, 4) is 0 Å². The van der Waals surface area contributed by atoms with E-state index in [2.05, 4.69) is 14.7 Å². The lowest BCUT2D eigenvalue weighted by Crippen LogP contribution is -2.02. The van der Waals surface area contributed by atoms with Crippen molar-refractivity contribution in [2.45, 2.75) is 37.8 Å². The maximum Gasteiger partial charge on any atom is 0.202 e. The first kappa shape index (κ1) is 8.61. The van der Waals surface area contributed by atoms with Gasteiger partial charge in [-0.3, -0.25) is 0 Å². The average Bonchev–Trinajstić information content (AvgIpc) is 2.71. The van der Waals surface area contributed by atoms with Crippen LogP contribution in [0.5, 0.6) is 0 Å². The van der Waals surface area contributed by atoms with E-state index >= 15 is 0 Å². The number of anilines is 1. The van der Waals surface area contributed by atoms with Crippen molar-refractivity contribution in [3.05, 3.63) is 5.82 Å². The number of hydrogen-bond acceptors (Lipinski definition) is 5. The Morgan fingerprint density at radius 2 is 2.29 bits per heavy atom. The molecule has 14 heavy (non-hydrogen) atoms. The Balaban J connectivity index is 1.68. The highest BCUT2D eigenvalue weighted by Gasteiger charge is 2.25. The number of nitrogens with one attached hydrogen (secondary N) is 1. The lowest BCUT2D eigenvalue weighted by Gasteiger charge is -2.02. The summed E-state index contributed by atoms with van der Waals surface area (Å²) in [5, 5.41) is 4.31. The highest BCUT2D eigenvalue weighted by atomic mass is 32.1. The van der Waals surface area contributed by atoms with E-state index in [4.69, 9.17) is 4.74 Å². The topological polar surface area (TPSA) is 47.0 Å². The van der Waals surface area contributed by atoms with Crippen LogP contribution in [0.1, 0.15) is 37.6 Å². The van der Waals surface area contributed by atoms with Gasteiger partial charge in [0.2, 0.25) is 5.13 Å². The minimum atomic E-state index is 0.154. The fourth-order valence-corrected chi connectivity index (χ4v) is 2.30. The minimum Gasteiger partial charge on any atom is -0.370 e. The predicted molar refractivity (Wildman–Crippen MR) is 54.5 cm³/mol. The van der Waals surface area contributed by atoms with Crippen molar-refractivity contribution in [1.29, 1.82) is 0 Å². The van der Waals surface area contributed by atoms with Gasteiger partial charge in [0.15, 0.2) is 5.82 Å². The lowest BCUT2D eigenvalue weighted by atomic mass is 10.2. The van der Waals surface area contributed by atoms with Crippen LogP contribution in [-0.4, -0.2) is 22.0 Å². The van der Waals surface area contributed by atoms with Crippen molar-refractivity contribution < 1.29 is 4.74 Å². The molecule has 76 valence electrons. The molecule has 1 unspecified atom stereocenters. The number of ether oxygens (including phenoxy) is 1. The van der Waals surface area contributed by atoms with Crippen LogP contribution in [0.25, 0.3) is 0 Å². The lowest BCUT2D eigenvalue weighted by molar-refractivity contribution is 0.106. The molecule has 0 radical (unpaired) electrons. The molecule has 1 atom stereocenters. The number of rotatable bonds is 3. The van der Waals surface area contributed by atoms with Gasteiger partial charge in [-0.25, -0.2) is 4.98 Å². The molecule has 0 aromatic carbocycles. The van der Waals surface area contributed by atoms with E-state index in [9.17, 15) is 0 Å². The maximum absolute atomic E-state index is 5.53. The van der Waals surface area contributed by atoms with E-state index < -0.39 is 0 Å². The van der Waals surface area contributed by atoms with E-state index in [1.54, 1.807) is 0 Å². The molecule has 4 nitrogen and oxygen atoms in total. The van der Waals surface area contributed by atoms with Crippen LogP contribution in [0, 0.1) is 0 Å². The second-order valence-electron chi connectivity index (χ2n) is 3.88. The molecule has 1 saturated heterocycles. The van der Waals surface area contributed by atoms with Crippen LogP contribution in [-0.2, 0) is 4.74 Å². The Labute approximate surface area is 86.9 Å². The Morgan fingerprint density at radius 3 is 3.00 bits per heavy atom. The van der Waals surface area contributed by atoms with Crippen molar-refractivity contribution in [2.75, 3.05) is 11.9 Å². The summed E-state index contributed by atoms with van der Waals surface area (Å²) in [6.45, 7) is 0.856. The van der Waals surface area contributed by atoms with Crippen LogP contribution in [0.3, 0.4) is 0 Å². The fourth-order valence-electron chi connectivity index (χ4n) is 1.61. The van der Waals surface area contributed by atoms with Crippen LogP contribution >= 0.6 is 11.5 Å². The maximum atomic E-state index is 5.53. The molecule has 0 bridgehead atoms. The third-order valence-corrected chi connectivity index (χ3v) is 3.22. The average molecular weight is 211 g/mol. The first-order chi connectivity index (χ1) is 6.92. The molecule has 0 amide bonds. The standard InChI is InChI=1S/C9H13N3OS/c1-2-7(13-5-1)8-11-9(14-12-8)10-6-3-4-6/h6-7H,1-5H2,(H,10,11,12). The van der Waals surface area contributed by atoms with Crippen molar-refractivity contribution in [3.63, 3.8) is 0 Å². The fraction of sp³-hybridized carbons (Fsp3) is 0.778. The Bertz CT molecular complexity index is 318. The minimum absolute atomic E-state index is 0.154. The summed E-state index contributed by atoms with van der Waals surface area (Å²) in [4.78, 5) is 4.44. The molecule has 1 N–H and O–H groups in total. The van der Waals surface area contributed by atoms with Gasteiger partial charge >= 0.3 is 0 Å². The van der Waals surface area contributed by atoms with Crippen LogP contribution in [0.15, 0.2) is 0 Å². The van der Waals surface area contributed by atoms with E-state index in [0.29, 0.717) is 6.04 Å². The van der Waals surface area contributed by atoms with Gasteiger partial charge in [0.05, 0.1) is 0 Å². The number of hydrogen-bond donors (Lipinski definition) is 1.